The third-order valence-corrected chi connectivity index (χ3v) is 9.31. The van der Waals surface area contributed by atoms with Crippen LogP contribution in [0.25, 0.3) is 5.69 Å². The molecule has 5 aliphatic heterocycles. The van der Waals surface area contributed by atoms with E-state index in [1.807, 2.05) is 7.05 Å². The van der Waals surface area contributed by atoms with Crippen LogP contribution in [0.2, 0.25) is 0 Å². The van der Waals surface area contributed by atoms with E-state index < -0.39 is 0 Å². The van der Waals surface area contributed by atoms with E-state index in [2.05, 4.69) is 198 Å². The van der Waals surface area contributed by atoms with Crippen LogP contribution in [-0.4, -0.2) is 97.6 Å². The normalized spacial score (nSPS) is 18.4. The Hall–Kier alpha value is -5.85. The largest absolute Gasteiger partial charge is 0.453 e. The van der Waals surface area contributed by atoms with Crippen LogP contribution in [0.3, 0.4) is 0 Å². The van der Waals surface area contributed by atoms with Gasteiger partial charge < -0.3 is 53.7 Å². The van der Waals surface area contributed by atoms with Crippen molar-refractivity contribution in [3.8, 4) is 17.2 Å². The van der Waals surface area contributed by atoms with Gasteiger partial charge in [-0.2, -0.15) is 0 Å². The van der Waals surface area contributed by atoms with Gasteiger partial charge in [0.25, 0.3) is 0 Å². The quantitative estimate of drug-likeness (QED) is 0.330. The van der Waals surface area contributed by atoms with E-state index in [9.17, 15) is 0 Å². The Morgan fingerprint density at radius 2 is 0.796 bits per heavy atom. The van der Waals surface area contributed by atoms with Gasteiger partial charge in [0.05, 0.1) is 68.8 Å². The lowest BCUT2D eigenvalue weighted by molar-refractivity contribution is -0.670. The molecule has 0 N–H and O–H groups in total. The minimum Gasteiger partial charge on any atom is -0.453 e. The van der Waals surface area contributed by atoms with Gasteiger partial charge in [-0.15, -0.1) is 0 Å². The molecule has 254 valence electrons. The summed E-state index contributed by atoms with van der Waals surface area (Å²) in [4.78, 5) is 22.3. The third-order valence-electron chi connectivity index (χ3n) is 9.31. The van der Waals surface area contributed by atoms with Crippen molar-refractivity contribution >= 4 is 28.4 Å². The number of hydrogen-bond donors (Lipinski definition) is 0. The Kier molecular flexibility index (Phi) is 7.46. The molecular formula is C36H45N12O+. The maximum Gasteiger partial charge on any atom is 0.248 e. The monoisotopic (exact) mass is 661 g/mol. The van der Waals surface area contributed by atoms with Gasteiger partial charge in [0.2, 0.25) is 6.33 Å². The van der Waals surface area contributed by atoms with Crippen LogP contribution in [0.1, 0.15) is 0 Å². The number of aromatic nitrogens is 2. The lowest BCUT2D eigenvalue weighted by Crippen LogP contribution is -2.28. The number of ether oxygens (including phenoxy) is 1. The Bertz CT molecular complexity index is 1890. The molecule has 2 aromatic carbocycles. The highest BCUT2D eigenvalue weighted by molar-refractivity contribution is 5.84. The average Bonchev–Trinajstić information content (AvgIpc) is 3.93. The first kappa shape index (κ1) is 30.5. The second-order valence-corrected chi connectivity index (χ2v) is 13.5. The lowest BCUT2D eigenvalue weighted by Gasteiger charge is -2.31. The van der Waals surface area contributed by atoms with E-state index in [-0.39, 0.29) is 0 Å². The van der Waals surface area contributed by atoms with Crippen LogP contribution in [0, 0.1) is 0 Å². The van der Waals surface area contributed by atoms with Crippen LogP contribution in [0.15, 0.2) is 105 Å². The van der Waals surface area contributed by atoms with Crippen molar-refractivity contribution in [2.45, 2.75) is 0 Å². The number of hydrogen-bond acceptors (Lipinski definition) is 11. The molecule has 0 saturated heterocycles. The highest BCUT2D eigenvalue weighted by atomic mass is 16.5. The van der Waals surface area contributed by atoms with Gasteiger partial charge in [-0.25, -0.2) is 9.13 Å². The third kappa shape index (κ3) is 5.81. The van der Waals surface area contributed by atoms with Crippen molar-refractivity contribution in [2.24, 2.45) is 7.05 Å². The van der Waals surface area contributed by atoms with E-state index in [4.69, 9.17) is 4.74 Å². The van der Waals surface area contributed by atoms with Gasteiger partial charge >= 0.3 is 0 Å². The molecule has 5 aliphatic rings. The van der Waals surface area contributed by atoms with Gasteiger partial charge in [0, 0.05) is 115 Å². The number of anilines is 5. The molecule has 3 aromatic rings. The molecule has 0 fully saturated rings. The zero-order valence-corrected chi connectivity index (χ0v) is 29.1. The molecule has 0 spiro atoms. The Labute approximate surface area is 288 Å². The number of nitrogens with zero attached hydrogens (tertiary/aromatic N) is 12. The first-order chi connectivity index (χ1) is 23.7. The standard InChI is InChI=1S/C36H45N12O/c1-37-7-13-43(23-37)29-19-33(47-17-11-41(5)27-47)35(21-31(29)45-15-9-39(3)25-45)49-36-22-32(46-16-10-40(4)26-46)30(44-14-8-38(2)24-44)20-34(36)48-18-12-42(6)28-48/h7-23H,24-28H2,1-6H3/q+1. The summed E-state index contributed by atoms with van der Waals surface area (Å²) in [6.07, 6.45) is 27.5. The molecule has 0 bridgehead atoms. The van der Waals surface area contributed by atoms with E-state index in [1.54, 1.807) is 0 Å². The molecule has 13 heteroatoms. The first-order valence-electron chi connectivity index (χ1n) is 16.5. The minimum atomic E-state index is 0.720. The zero-order chi connectivity index (χ0) is 33.8. The SMILES string of the molecule is CN1C=CN(c2cc(N3C=CN(C)C3)c(N3C=CN(C)C3)cc2Oc2cc(N3C=CN(C)C3)c(-n3cc[n+](C)c3)cc2N2C=CN(C)C2)C1. The Morgan fingerprint density at radius 3 is 1.14 bits per heavy atom. The number of rotatable bonds is 8. The van der Waals surface area contributed by atoms with Crippen LogP contribution >= 0.6 is 0 Å². The second-order valence-electron chi connectivity index (χ2n) is 13.5. The fourth-order valence-electron chi connectivity index (χ4n) is 6.74. The van der Waals surface area contributed by atoms with Gasteiger partial charge in [-0.05, 0) is 6.07 Å². The van der Waals surface area contributed by atoms with E-state index in [1.165, 1.54) is 0 Å². The van der Waals surface area contributed by atoms with E-state index in [0.717, 1.165) is 79.0 Å². The summed E-state index contributed by atoms with van der Waals surface area (Å²) < 4.78 is 11.5. The average molecular weight is 662 g/mol. The smallest absolute Gasteiger partial charge is 0.248 e. The van der Waals surface area contributed by atoms with Gasteiger partial charge in [-0.3, -0.25) is 0 Å². The van der Waals surface area contributed by atoms with Gasteiger partial charge in [0.15, 0.2) is 17.2 Å². The summed E-state index contributed by atoms with van der Waals surface area (Å²) in [5, 5.41) is 0. The van der Waals surface area contributed by atoms with Crippen LogP contribution in [-0.2, 0) is 7.05 Å². The van der Waals surface area contributed by atoms with Crippen LogP contribution in [0.4, 0.5) is 28.4 Å². The summed E-state index contributed by atoms with van der Waals surface area (Å²) in [5.74, 6) is 1.57. The molecule has 1 aromatic heterocycles. The predicted octanol–water partition coefficient (Wildman–Crippen LogP) is 4.00. The Morgan fingerprint density at radius 1 is 0.449 bits per heavy atom. The molecule has 0 atom stereocenters. The number of imidazole rings is 1. The van der Waals surface area contributed by atoms with Crippen molar-refractivity contribution in [3.05, 3.63) is 105 Å². The van der Waals surface area contributed by atoms with Crippen molar-refractivity contribution in [1.29, 1.82) is 0 Å². The van der Waals surface area contributed by atoms with Crippen molar-refractivity contribution in [2.75, 3.05) is 93.1 Å². The van der Waals surface area contributed by atoms with E-state index in [0.29, 0.717) is 0 Å². The molecule has 8 rings (SSSR count). The molecule has 0 radical (unpaired) electrons. The summed E-state index contributed by atoms with van der Waals surface area (Å²) >= 11 is 0. The molecule has 0 saturated carbocycles. The molecule has 0 amide bonds. The summed E-state index contributed by atoms with van der Waals surface area (Å²) in [6, 6.07) is 8.94. The number of benzene rings is 2. The van der Waals surface area contributed by atoms with Crippen molar-refractivity contribution < 1.29 is 9.30 Å². The van der Waals surface area contributed by atoms with Crippen LogP contribution in [0.5, 0.6) is 11.5 Å². The lowest BCUT2D eigenvalue weighted by atomic mass is 10.1. The maximum absolute atomic E-state index is 7.25. The molecule has 13 nitrogen and oxygen atoms in total. The maximum atomic E-state index is 7.25. The molecule has 0 unspecified atom stereocenters. The highest BCUT2D eigenvalue weighted by Crippen LogP contribution is 2.48. The number of aryl methyl sites for hydroxylation is 1. The minimum absolute atomic E-state index is 0.720. The van der Waals surface area contributed by atoms with Crippen LogP contribution < -0.4 is 33.8 Å². The van der Waals surface area contributed by atoms with Crippen molar-refractivity contribution in [3.63, 3.8) is 0 Å². The van der Waals surface area contributed by atoms with Gasteiger partial charge in [0.1, 0.15) is 12.4 Å². The molecule has 6 heterocycles. The summed E-state index contributed by atoms with van der Waals surface area (Å²) in [6.45, 7) is 3.71. The summed E-state index contributed by atoms with van der Waals surface area (Å²) in [5.41, 5.74) is 6.32. The predicted molar refractivity (Wildman–Crippen MR) is 195 cm³/mol. The first-order valence-corrected chi connectivity index (χ1v) is 16.5. The highest BCUT2D eigenvalue weighted by Gasteiger charge is 2.29. The molecule has 49 heavy (non-hydrogen) atoms. The Balaban J connectivity index is 1.30. The second kappa shape index (κ2) is 12.0. The van der Waals surface area contributed by atoms with Crippen molar-refractivity contribution in [1.82, 2.24) is 29.1 Å². The van der Waals surface area contributed by atoms with E-state index >= 15 is 0 Å². The van der Waals surface area contributed by atoms with Gasteiger partial charge in [-0.1, -0.05) is 0 Å². The fourth-order valence-corrected chi connectivity index (χ4v) is 6.74. The zero-order valence-electron chi connectivity index (χ0n) is 29.1. The molecule has 0 aliphatic carbocycles. The molecular weight excluding hydrogens is 616 g/mol. The summed E-state index contributed by atoms with van der Waals surface area (Å²) in [7, 11) is 12.5. The fraction of sp³-hybridized carbons (Fsp3) is 0.306. The topological polar surface area (TPSA) is 50.4 Å².